The minimum absolute atomic E-state index is 0.0465. The van der Waals surface area contributed by atoms with Gasteiger partial charge in [0.25, 0.3) is 0 Å². The van der Waals surface area contributed by atoms with Crippen molar-refractivity contribution in [2.45, 2.75) is 59.3 Å². The van der Waals surface area contributed by atoms with Gasteiger partial charge in [-0.2, -0.15) is 0 Å². The molecule has 73 heavy (non-hydrogen) atoms. The van der Waals surface area contributed by atoms with Crippen LogP contribution in [-0.2, 0) is 0 Å². The number of hydrogen-bond acceptors (Lipinski definition) is 3. The largest absolute Gasteiger partial charge is 0.311 e. The van der Waals surface area contributed by atoms with Crippen molar-refractivity contribution in [1.29, 1.82) is 0 Å². The van der Waals surface area contributed by atoms with Crippen molar-refractivity contribution >= 4 is 74.3 Å². The second-order valence-corrected chi connectivity index (χ2v) is 20.3. The third kappa shape index (κ3) is 9.26. The SMILES string of the molecule is CC(C)c1cc(C(C)C)c(B2c3ccc(N(c4ccccc4)c4ccc(-c5ccccc5)cc4)cc3N(c3ccccc3)c3cc(N(c4ccccc4)c4ccc(-c5ccccc5)cc4)ccc32)c(C(C)C)c1. The summed E-state index contributed by atoms with van der Waals surface area (Å²) in [6.45, 7) is 14.1. The Morgan fingerprint density at radius 2 is 0.644 bits per heavy atom. The van der Waals surface area contributed by atoms with Crippen LogP contribution in [-0.4, -0.2) is 6.71 Å². The highest BCUT2D eigenvalue weighted by Gasteiger charge is 2.39. The molecule has 0 saturated carbocycles. The molecule has 3 nitrogen and oxygen atoms in total. The maximum Gasteiger partial charge on any atom is 0.247 e. The van der Waals surface area contributed by atoms with Gasteiger partial charge in [0.05, 0.1) is 0 Å². The van der Waals surface area contributed by atoms with Crippen molar-refractivity contribution < 1.29 is 0 Å². The standard InChI is InChI=1S/C69H62BN3/c1-48(2)55-44-63(49(3)4)69(64(45-55)50(5)6)70-65-42-40-61(71(56-26-16-9-17-27-56)59-36-32-53(33-37-59)51-22-12-7-13-23-51)46-67(65)73(58-30-20-11-21-31-58)68-47-62(41-43-66(68)70)72(57-28-18-10-19-29-57)60-38-34-54(35-39-60)52-24-14-8-15-25-52/h7-50H,1-6H3. The summed E-state index contributed by atoms with van der Waals surface area (Å²) in [6, 6.07) is 91.5. The predicted molar refractivity (Wildman–Crippen MR) is 315 cm³/mol. The molecule has 0 bridgehead atoms. The van der Waals surface area contributed by atoms with Crippen molar-refractivity contribution in [1.82, 2.24) is 0 Å². The number of para-hydroxylation sites is 3. The fourth-order valence-electron chi connectivity index (χ4n) is 10.9. The number of rotatable bonds is 13. The van der Waals surface area contributed by atoms with Gasteiger partial charge in [-0.15, -0.1) is 0 Å². The van der Waals surface area contributed by atoms with E-state index in [1.165, 1.54) is 55.3 Å². The smallest absolute Gasteiger partial charge is 0.247 e. The molecule has 0 unspecified atom stereocenters. The lowest BCUT2D eigenvalue weighted by Gasteiger charge is -2.40. The van der Waals surface area contributed by atoms with Crippen molar-refractivity contribution in [2.75, 3.05) is 14.7 Å². The second-order valence-electron chi connectivity index (χ2n) is 20.3. The summed E-state index contributed by atoms with van der Waals surface area (Å²) in [7, 11) is 0. The monoisotopic (exact) mass is 944 g/mol. The van der Waals surface area contributed by atoms with Crippen LogP contribution in [0.1, 0.15) is 76.0 Å². The summed E-state index contributed by atoms with van der Waals surface area (Å²) in [4.78, 5) is 7.35. The summed E-state index contributed by atoms with van der Waals surface area (Å²) < 4.78 is 0. The molecule has 0 fully saturated rings. The van der Waals surface area contributed by atoms with Gasteiger partial charge in [-0.05, 0) is 153 Å². The van der Waals surface area contributed by atoms with Gasteiger partial charge in [0.1, 0.15) is 0 Å². The van der Waals surface area contributed by atoms with Crippen LogP contribution in [0.25, 0.3) is 22.3 Å². The van der Waals surface area contributed by atoms with E-state index < -0.39 is 0 Å². The average molecular weight is 944 g/mol. The Morgan fingerprint density at radius 1 is 0.315 bits per heavy atom. The number of fused-ring (bicyclic) bond motifs is 2. The molecule has 11 rings (SSSR count). The second kappa shape index (κ2) is 20.4. The molecule has 0 aromatic heterocycles. The van der Waals surface area contributed by atoms with Crippen molar-refractivity contribution in [3.63, 3.8) is 0 Å². The first kappa shape index (κ1) is 47.0. The van der Waals surface area contributed by atoms with Crippen molar-refractivity contribution in [2.24, 2.45) is 0 Å². The summed E-state index contributed by atoms with van der Waals surface area (Å²) in [6.07, 6.45) is 0. The quantitative estimate of drug-likeness (QED) is 0.107. The third-order valence-electron chi connectivity index (χ3n) is 14.6. The van der Waals surface area contributed by atoms with E-state index in [-0.39, 0.29) is 6.71 Å². The number of benzene rings is 10. The molecule has 0 N–H and O–H groups in total. The molecule has 4 heteroatoms. The van der Waals surface area contributed by atoms with E-state index in [1.807, 2.05) is 0 Å². The number of nitrogens with zero attached hydrogens (tertiary/aromatic N) is 3. The van der Waals surface area contributed by atoms with Crippen LogP contribution >= 0.6 is 0 Å². The molecule has 0 saturated heterocycles. The molecule has 0 radical (unpaired) electrons. The fourth-order valence-corrected chi connectivity index (χ4v) is 10.9. The molecule has 10 aromatic rings. The maximum atomic E-state index is 2.53. The van der Waals surface area contributed by atoms with Crippen LogP contribution in [0.4, 0.5) is 51.2 Å². The van der Waals surface area contributed by atoms with E-state index >= 15 is 0 Å². The van der Waals surface area contributed by atoms with Crippen molar-refractivity contribution in [3.05, 3.63) is 265 Å². The van der Waals surface area contributed by atoms with Crippen LogP contribution in [0.3, 0.4) is 0 Å². The fraction of sp³-hybridized carbons (Fsp3) is 0.130. The number of hydrogen-bond donors (Lipinski definition) is 0. The van der Waals surface area contributed by atoms with Gasteiger partial charge in [-0.1, -0.05) is 211 Å². The Bertz CT molecular complexity index is 3260. The van der Waals surface area contributed by atoms with Gasteiger partial charge in [0.15, 0.2) is 0 Å². The highest BCUT2D eigenvalue weighted by atomic mass is 15.2. The Balaban J connectivity index is 1.17. The summed E-state index contributed by atoms with van der Waals surface area (Å²) in [5.74, 6) is 1.03. The molecule has 0 amide bonds. The molecule has 356 valence electrons. The maximum absolute atomic E-state index is 2.53. The number of anilines is 9. The van der Waals surface area contributed by atoms with Crippen molar-refractivity contribution in [3.8, 4) is 22.3 Å². The zero-order valence-electron chi connectivity index (χ0n) is 42.8. The Labute approximate surface area is 433 Å². The zero-order valence-corrected chi connectivity index (χ0v) is 42.8. The first-order chi connectivity index (χ1) is 35.7. The van der Waals surface area contributed by atoms with E-state index in [4.69, 9.17) is 0 Å². The first-order valence-electron chi connectivity index (χ1n) is 26.0. The zero-order chi connectivity index (χ0) is 50.0. The predicted octanol–water partition coefficient (Wildman–Crippen LogP) is 17.6. The highest BCUT2D eigenvalue weighted by molar-refractivity contribution is 6.98. The third-order valence-corrected chi connectivity index (χ3v) is 14.6. The Kier molecular flexibility index (Phi) is 13.1. The molecule has 0 aliphatic carbocycles. The van der Waals surface area contributed by atoms with E-state index in [0.717, 1.165) is 51.2 Å². The van der Waals surface area contributed by atoms with Crippen LogP contribution in [0, 0.1) is 0 Å². The van der Waals surface area contributed by atoms with E-state index in [9.17, 15) is 0 Å². The van der Waals surface area contributed by atoms with Crippen LogP contribution in [0.5, 0.6) is 0 Å². The highest BCUT2D eigenvalue weighted by Crippen LogP contribution is 2.45. The lowest BCUT2D eigenvalue weighted by Crippen LogP contribution is -2.59. The molecule has 10 aromatic carbocycles. The topological polar surface area (TPSA) is 9.72 Å². The lowest BCUT2D eigenvalue weighted by atomic mass is 9.33. The summed E-state index contributed by atoms with van der Waals surface area (Å²) >= 11 is 0. The molecule has 0 spiro atoms. The molecule has 0 atom stereocenters. The first-order valence-corrected chi connectivity index (χ1v) is 26.0. The lowest BCUT2D eigenvalue weighted by molar-refractivity contribution is 0.812. The molecule has 1 aliphatic rings. The minimum Gasteiger partial charge on any atom is -0.311 e. The molecular weight excluding hydrogens is 882 g/mol. The normalized spacial score (nSPS) is 12.0. The van der Waals surface area contributed by atoms with Gasteiger partial charge < -0.3 is 14.7 Å². The Morgan fingerprint density at radius 3 is 1.01 bits per heavy atom. The van der Waals surface area contributed by atoms with E-state index in [2.05, 4.69) is 305 Å². The summed E-state index contributed by atoms with van der Waals surface area (Å²) in [5, 5.41) is 0. The van der Waals surface area contributed by atoms with Gasteiger partial charge in [0.2, 0.25) is 6.71 Å². The van der Waals surface area contributed by atoms with Gasteiger partial charge >= 0.3 is 0 Å². The molecule has 1 heterocycles. The van der Waals surface area contributed by atoms with Gasteiger partial charge in [-0.25, -0.2) is 0 Å². The van der Waals surface area contributed by atoms with E-state index in [1.54, 1.807) is 0 Å². The van der Waals surface area contributed by atoms with E-state index in [0.29, 0.717) is 17.8 Å². The van der Waals surface area contributed by atoms with Gasteiger partial charge in [0, 0.05) is 51.2 Å². The summed E-state index contributed by atoms with van der Waals surface area (Å²) in [5.41, 5.74) is 23.0. The van der Waals surface area contributed by atoms with Crippen LogP contribution in [0.2, 0.25) is 0 Å². The molecule has 1 aliphatic heterocycles. The average Bonchev–Trinajstić information content (AvgIpc) is 3.44. The van der Waals surface area contributed by atoms with Crippen LogP contribution in [0.15, 0.2) is 249 Å². The molecular formula is C69H62BN3. The van der Waals surface area contributed by atoms with Crippen LogP contribution < -0.4 is 31.1 Å². The Hall–Kier alpha value is -8.34. The van der Waals surface area contributed by atoms with Gasteiger partial charge in [-0.3, -0.25) is 0 Å². The minimum atomic E-state index is -0.0465.